The fourth-order valence-electron chi connectivity index (χ4n) is 3.15. The maximum Gasteiger partial charge on any atom is 0.243 e. The lowest BCUT2D eigenvalue weighted by molar-refractivity contribution is -0.120. The number of carbonyl (C=O) groups excluding carboxylic acids is 1. The van der Waals surface area contributed by atoms with E-state index in [1.54, 1.807) is 24.3 Å². The molecule has 2 aliphatic rings. The number of hydrogen-bond acceptors (Lipinski definition) is 5. The van der Waals surface area contributed by atoms with Crippen molar-refractivity contribution in [2.24, 2.45) is 0 Å². The third kappa shape index (κ3) is 5.62. The standard InChI is InChI=1S/C19H27N3O4S/c23-19(21-15-17-7-9-20-10-8-17)6-3-16-1-4-18(5-2-16)27(24,25)22-11-13-26-14-12-22/h1-2,4-5,7,20H,3,6,8-15H2,(H,21,23). The molecule has 2 N–H and O–H groups in total. The average Bonchev–Trinajstić information content (AvgIpc) is 2.72. The van der Waals surface area contributed by atoms with E-state index in [4.69, 9.17) is 4.74 Å². The van der Waals surface area contributed by atoms with Crippen molar-refractivity contribution in [3.63, 3.8) is 0 Å². The molecule has 27 heavy (non-hydrogen) atoms. The molecule has 1 aromatic carbocycles. The van der Waals surface area contributed by atoms with Crippen LogP contribution in [0.2, 0.25) is 0 Å². The highest BCUT2D eigenvalue weighted by Crippen LogP contribution is 2.18. The number of sulfonamides is 1. The fourth-order valence-corrected chi connectivity index (χ4v) is 4.56. The highest BCUT2D eigenvalue weighted by Gasteiger charge is 2.26. The molecule has 3 rings (SSSR count). The molecule has 0 spiro atoms. The lowest BCUT2D eigenvalue weighted by Crippen LogP contribution is -2.40. The molecule has 0 aromatic heterocycles. The van der Waals surface area contributed by atoms with E-state index < -0.39 is 10.0 Å². The van der Waals surface area contributed by atoms with Crippen molar-refractivity contribution in [1.82, 2.24) is 14.9 Å². The maximum atomic E-state index is 12.6. The Morgan fingerprint density at radius 3 is 2.59 bits per heavy atom. The zero-order valence-corrected chi connectivity index (χ0v) is 16.3. The van der Waals surface area contributed by atoms with Gasteiger partial charge in [0, 0.05) is 32.6 Å². The van der Waals surface area contributed by atoms with E-state index >= 15 is 0 Å². The van der Waals surface area contributed by atoms with Crippen molar-refractivity contribution in [2.75, 3.05) is 45.9 Å². The van der Waals surface area contributed by atoms with Gasteiger partial charge in [0.05, 0.1) is 18.1 Å². The number of morpholine rings is 1. The van der Waals surface area contributed by atoms with Crippen LogP contribution in [0.15, 0.2) is 40.8 Å². The topological polar surface area (TPSA) is 87.7 Å². The number of ether oxygens (including phenoxy) is 1. The Bertz CT molecular complexity index is 769. The zero-order chi connectivity index (χ0) is 19.1. The summed E-state index contributed by atoms with van der Waals surface area (Å²) >= 11 is 0. The molecule has 0 atom stereocenters. The molecule has 1 fully saturated rings. The summed E-state index contributed by atoms with van der Waals surface area (Å²) in [4.78, 5) is 12.3. The van der Waals surface area contributed by atoms with Gasteiger partial charge in [0.25, 0.3) is 0 Å². The molecule has 1 aromatic rings. The van der Waals surface area contributed by atoms with E-state index in [9.17, 15) is 13.2 Å². The van der Waals surface area contributed by atoms with Gasteiger partial charge in [0.1, 0.15) is 0 Å². The molecular formula is C19H27N3O4S. The number of carbonyl (C=O) groups is 1. The Kier molecular flexibility index (Phi) is 7.01. The number of amides is 1. The van der Waals surface area contributed by atoms with Gasteiger partial charge >= 0.3 is 0 Å². The Morgan fingerprint density at radius 2 is 1.93 bits per heavy atom. The van der Waals surface area contributed by atoms with Crippen LogP contribution in [0, 0.1) is 0 Å². The van der Waals surface area contributed by atoms with Crippen molar-refractivity contribution in [3.05, 3.63) is 41.5 Å². The first-order chi connectivity index (χ1) is 13.1. The summed E-state index contributed by atoms with van der Waals surface area (Å²) in [6, 6.07) is 6.82. The first kappa shape index (κ1) is 20.0. The molecule has 0 unspecified atom stereocenters. The predicted octanol–water partition coefficient (Wildman–Crippen LogP) is 0.676. The van der Waals surface area contributed by atoms with Gasteiger partial charge in [0.15, 0.2) is 0 Å². The van der Waals surface area contributed by atoms with E-state index in [1.165, 1.54) is 9.88 Å². The van der Waals surface area contributed by atoms with Gasteiger partial charge in [-0.2, -0.15) is 4.31 Å². The molecule has 2 heterocycles. The monoisotopic (exact) mass is 393 g/mol. The number of nitrogens with one attached hydrogen (secondary N) is 2. The van der Waals surface area contributed by atoms with Gasteiger partial charge in [-0.1, -0.05) is 23.8 Å². The van der Waals surface area contributed by atoms with Crippen molar-refractivity contribution < 1.29 is 17.9 Å². The second-order valence-electron chi connectivity index (χ2n) is 6.75. The molecule has 0 radical (unpaired) electrons. The minimum Gasteiger partial charge on any atom is -0.379 e. The maximum absolute atomic E-state index is 12.6. The van der Waals surface area contributed by atoms with Crippen LogP contribution in [0.1, 0.15) is 18.4 Å². The summed E-state index contributed by atoms with van der Waals surface area (Å²) in [6.45, 7) is 4.07. The van der Waals surface area contributed by atoms with Crippen molar-refractivity contribution in [2.45, 2.75) is 24.2 Å². The minimum atomic E-state index is -3.47. The van der Waals surface area contributed by atoms with E-state index in [-0.39, 0.29) is 10.8 Å². The predicted molar refractivity (Wildman–Crippen MR) is 103 cm³/mol. The molecule has 0 bridgehead atoms. The Balaban J connectivity index is 1.48. The lowest BCUT2D eigenvalue weighted by Gasteiger charge is -2.26. The van der Waals surface area contributed by atoms with Crippen molar-refractivity contribution >= 4 is 15.9 Å². The van der Waals surface area contributed by atoms with Crippen LogP contribution in [0.4, 0.5) is 0 Å². The van der Waals surface area contributed by atoms with Crippen LogP contribution in [0.25, 0.3) is 0 Å². The second kappa shape index (κ2) is 9.45. The van der Waals surface area contributed by atoms with Crippen LogP contribution >= 0.6 is 0 Å². The third-order valence-electron chi connectivity index (χ3n) is 4.84. The van der Waals surface area contributed by atoms with E-state index in [2.05, 4.69) is 16.7 Å². The molecule has 0 aliphatic carbocycles. The summed E-state index contributed by atoms with van der Waals surface area (Å²) in [5.74, 6) is 0.0134. The van der Waals surface area contributed by atoms with Crippen LogP contribution < -0.4 is 10.6 Å². The number of rotatable bonds is 7. The Morgan fingerprint density at radius 1 is 1.19 bits per heavy atom. The molecule has 0 saturated carbocycles. The summed E-state index contributed by atoms with van der Waals surface area (Å²) in [7, 11) is -3.47. The quantitative estimate of drug-likeness (QED) is 0.665. The first-order valence-corrected chi connectivity index (χ1v) is 10.8. The Hall–Kier alpha value is -1.74. The normalized spacial score (nSPS) is 18.7. The largest absolute Gasteiger partial charge is 0.379 e. The molecule has 7 nitrogen and oxygen atoms in total. The molecule has 1 saturated heterocycles. The van der Waals surface area contributed by atoms with Crippen molar-refractivity contribution in [1.29, 1.82) is 0 Å². The highest BCUT2D eigenvalue weighted by atomic mass is 32.2. The van der Waals surface area contributed by atoms with Gasteiger partial charge in [-0.05, 0) is 37.1 Å². The minimum absolute atomic E-state index is 0.0134. The molecule has 2 aliphatic heterocycles. The summed E-state index contributed by atoms with van der Waals surface area (Å²) in [5, 5.41) is 6.20. The fraction of sp³-hybridized carbons (Fsp3) is 0.526. The highest BCUT2D eigenvalue weighted by molar-refractivity contribution is 7.89. The number of hydrogen-bond donors (Lipinski definition) is 2. The smallest absolute Gasteiger partial charge is 0.243 e. The number of nitrogens with zero attached hydrogens (tertiary/aromatic N) is 1. The summed E-state index contributed by atoms with van der Waals surface area (Å²) in [5.41, 5.74) is 2.21. The average molecular weight is 394 g/mol. The molecule has 148 valence electrons. The SMILES string of the molecule is O=C(CCc1ccc(S(=O)(=O)N2CCOCC2)cc1)NCC1=CCNCC1. The van der Waals surface area contributed by atoms with Crippen LogP contribution in [0.5, 0.6) is 0 Å². The van der Waals surface area contributed by atoms with Crippen LogP contribution in [-0.2, 0) is 26.0 Å². The van der Waals surface area contributed by atoms with E-state index in [1.807, 2.05) is 0 Å². The zero-order valence-electron chi connectivity index (χ0n) is 15.4. The van der Waals surface area contributed by atoms with Crippen molar-refractivity contribution in [3.8, 4) is 0 Å². The molecule has 1 amide bonds. The lowest BCUT2D eigenvalue weighted by atomic mass is 10.1. The van der Waals surface area contributed by atoms with Gasteiger partial charge in [-0.3, -0.25) is 4.79 Å². The number of benzene rings is 1. The number of aryl methyl sites for hydroxylation is 1. The first-order valence-electron chi connectivity index (χ1n) is 9.38. The third-order valence-corrected chi connectivity index (χ3v) is 6.76. The van der Waals surface area contributed by atoms with Crippen LogP contribution in [0.3, 0.4) is 0 Å². The van der Waals surface area contributed by atoms with E-state index in [0.29, 0.717) is 45.7 Å². The van der Waals surface area contributed by atoms with Crippen LogP contribution in [-0.4, -0.2) is 64.6 Å². The Labute approximate surface area is 160 Å². The van der Waals surface area contributed by atoms with Gasteiger partial charge < -0.3 is 15.4 Å². The summed E-state index contributed by atoms with van der Waals surface area (Å²) < 4.78 is 31.9. The molecule has 8 heteroatoms. The summed E-state index contributed by atoms with van der Waals surface area (Å²) in [6.07, 6.45) is 4.07. The van der Waals surface area contributed by atoms with Gasteiger partial charge in [-0.15, -0.1) is 0 Å². The second-order valence-corrected chi connectivity index (χ2v) is 8.69. The molecular weight excluding hydrogens is 366 g/mol. The van der Waals surface area contributed by atoms with E-state index in [0.717, 1.165) is 25.1 Å². The van der Waals surface area contributed by atoms with Gasteiger partial charge in [-0.25, -0.2) is 8.42 Å². The van der Waals surface area contributed by atoms with Gasteiger partial charge in [0.2, 0.25) is 15.9 Å².